The number of allylic oxidation sites excluding steroid dienone is 1. The van der Waals surface area contributed by atoms with Crippen molar-refractivity contribution in [3.63, 3.8) is 0 Å². The Morgan fingerprint density at radius 2 is 2.36 bits per heavy atom. The third-order valence-electron chi connectivity index (χ3n) is 2.77. The summed E-state index contributed by atoms with van der Waals surface area (Å²) in [5.74, 6) is 0. The van der Waals surface area contributed by atoms with E-state index in [1.165, 1.54) is 16.8 Å². The smallest absolute Gasteiger partial charge is 0.0691 e. The van der Waals surface area contributed by atoms with Gasteiger partial charge in [-0.2, -0.15) is 0 Å². The molecular formula is C12H16N2. The van der Waals surface area contributed by atoms with Crippen LogP contribution in [0.1, 0.15) is 24.6 Å². The molecular weight excluding hydrogens is 172 g/mol. The van der Waals surface area contributed by atoms with Gasteiger partial charge in [0, 0.05) is 12.2 Å². The lowest BCUT2D eigenvalue weighted by atomic mass is 10.1. The fourth-order valence-corrected chi connectivity index (χ4v) is 1.86. The Kier molecular flexibility index (Phi) is 2.64. The van der Waals surface area contributed by atoms with Gasteiger partial charge in [0.2, 0.25) is 0 Å². The summed E-state index contributed by atoms with van der Waals surface area (Å²) < 4.78 is 0. The van der Waals surface area contributed by atoms with Crippen LogP contribution in [0.4, 0.5) is 0 Å². The van der Waals surface area contributed by atoms with E-state index in [9.17, 15) is 0 Å². The number of aromatic nitrogens is 1. The van der Waals surface area contributed by atoms with Gasteiger partial charge < -0.3 is 5.32 Å². The molecule has 0 radical (unpaired) electrons. The summed E-state index contributed by atoms with van der Waals surface area (Å²) in [5.41, 5.74) is 3.99. The molecule has 2 rings (SSSR count). The summed E-state index contributed by atoms with van der Waals surface area (Å²) in [6.07, 6.45) is 6.44. The van der Waals surface area contributed by atoms with Gasteiger partial charge in [0.15, 0.2) is 0 Å². The van der Waals surface area contributed by atoms with E-state index < -0.39 is 0 Å². The zero-order valence-electron chi connectivity index (χ0n) is 8.75. The van der Waals surface area contributed by atoms with Crippen LogP contribution in [0, 0.1) is 0 Å². The first kappa shape index (κ1) is 9.41. The van der Waals surface area contributed by atoms with Crippen LogP contribution in [0.3, 0.4) is 0 Å². The molecule has 0 fully saturated rings. The SMILES string of the molecule is CNC(C)/C=C1\CCc2cccnc21. The highest BCUT2D eigenvalue weighted by molar-refractivity contribution is 5.69. The van der Waals surface area contributed by atoms with E-state index in [0.717, 1.165) is 12.8 Å². The van der Waals surface area contributed by atoms with Crippen molar-refractivity contribution in [2.75, 3.05) is 7.05 Å². The van der Waals surface area contributed by atoms with Crippen LogP contribution >= 0.6 is 0 Å². The Bertz CT molecular complexity index is 355. The van der Waals surface area contributed by atoms with Gasteiger partial charge in [-0.15, -0.1) is 0 Å². The Labute approximate surface area is 85.1 Å². The quantitative estimate of drug-likeness (QED) is 0.768. The molecule has 1 aromatic heterocycles. The molecule has 0 saturated carbocycles. The minimum Gasteiger partial charge on any atom is -0.314 e. The second-order valence-electron chi connectivity index (χ2n) is 3.78. The van der Waals surface area contributed by atoms with Crippen LogP contribution < -0.4 is 5.32 Å². The van der Waals surface area contributed by atoms with Crippen LogP contribution in [0.15, 0.2) is 24.4 Å². The maximum atomic E-state index is 4.43. The monoisotopic (exact) mass is 188 g/mol. The fourth-order valence-electron chi connectivity index (χ4n) is 1.86. The Hall–Kier alpha value is -1.15. The average Bonchev–Trinajstić information content (AvgIpc) is 2.62. The van der Waals surface area contributed by atoms with Gasteiger partial charge in [-0.3, -0.25) is 4.98 Å². The highest BCUT2D eigenvalue weighted by Gasteiger charge is 2.16. The first-order valence-electron chi connectivity index (χ1n) is 5.13. The molecule has 1 heterocycles. The molecule has 2 nitrogen and oxygen atoms in total. The van der Waals surface area contributed by atoms with E-state index in [1.54, 1.807) is 0 Å². The zero-order valence-corrected chi connectivity index (χ0v) is 8.75. The molecule has 1 aromatic rings. The van der Waals surface area contributed by atoms with Crippen molar-refractivity contribution in [3.8, 4) is 0 Å². The average molecular weight is 188 g/mol. The fraction of sp³-hybridized carbons (Fsp3) is 0.417. The number of rotatable bonds is 2. The molecule has 0 amide bonds. The Morgan fingerprint density at radius 1 is 1.50 bits per heavy atom. The van der Waals surface area contributed by atoms with Crippen LogP contribution in [0.25, 0.3) is 5.57 Å². The topological polar surface area (TPSA) is 24.9 Å². The second kappa shape index (κ2) is 3.93. The molecule has 1 aliphatic carbocycles. The number of nitrogens with zero attached hydrogens (tertiary/aromatic N) is 1. The molecule has 0 aliphatic heterocycles. The van der Waals surface area contributed by atoms with Crippen molar-refractivity contribution in [2.45, 2.75) is 25.8 Å². The van der Waals surface area contributed by atoms with Crippen molar-refractivity contribution in [1.82, 2.24) is 10.3 Å². The predicted molar refractivity (Wildman–Crippen MR) is 59.1 cm³/mol. The first-order chi connectivity index (χ1) is 6.81. The zero-order chi connectivity index (χ0) is 9.97. The number of nitrogens with one attached hydrogen (secondary N) is 1. The van der Waals surface area contributed by atoms with E-state index in [1.807, 2.05) is 19.3 Å². The molecule has 1 unspecified atom stereocenters. The lowest BCUT2D eigenvalue weighted by Gasteiger charge is -2.06. The van der Waals surface area contributed by atoms with Gasteiger partial charge >= 0.3 is 0 Å². The lowest BCUT2D eigenvalue weighted by molar-refractivity contribution is 0.728. The largest absolute Gasteiger partial charge is 0.314 e. The normalized spacial score (nSPS) is 19.7. The van der Waals surface area contributed by atoms with Gasteiger partial charge in [-0.05, 0) is 44.0 Å². The number of hydrogen-bond acceptors (Lipinski definition) is 2. The maximum Gasteiger partial charge on any atom is 0.0691 e. The van der Waals surface area contributed by atoms with E-state index in [-0.39, 0.29) is 0 Å². The third kappa shape index (κ3) is 1.70. The Morgan fingerprint density at radius 3 is 3.14 bits per heavy atom. The van der Waals surface area contributed by atoms with E-state index in [2.05, 4.69) is 29.4 Å². The van der Waals surface area contributed by atoms with E-state index in [0.29, 0.717) is 6.04 Å². The van der Waals surface area contributed by atoms with Crippen molar-refractivity contribution >= 4 is 5.57 Å². The highest BCUT2D eigenvalue weighted by Crippen LogP contribution is 2.29. The van der Waals surface area contributed by atoms with Gasteiger partial charge in [0.05, 0.1) is 5.69 Å². The Balaban J connectivity index is 2.30. The summed E-state index contributed by atoms with van der Waals surface area (Å²) in [5, 5.41) is 3.22. The predicted octanol–water partition coefficient (Wildman–Crippen LogP) is 2.02. The molecule has 2 heteroatoms. The standard InChI is InChI=1S/C12H16N2/c1-9(13-2)8-11-6-5-10-4-3-7-14-12(10)11/h3-4,7-9,13H,5-6H2,1-2H3/b11-8+. The number of likely N-dealkylation sites (N-methyl/N-ethyl adjacent to an activating group) is 1. The summed E-state index contributed by atoms with van der Waals surface area (Å²) in [7, 11) is 1.98. The van der Waals surface area contributed by atoms with Crippen molar-refractivity contribution in [1.29, 1.82) is 0 Å². The number of pyridine rings is 1. The molecule has 0 saturated heterocycles. The van der Waals surface area contributed by atoms with Crippen LogP contribution in [-0.4, -0.2) is 18.1 Å². The summed E-state index contributed by atoms with van der Waals surface area (Å²) in [6, 6.07) is 4.62. The second-order valence-corrected chi connectivity index (χ2v) is 3.78. The molecule has 1 aliphatic rings. The lowest BCUT2D eigenvalue weighted by Crippen LogP contribution is -2.18. The van der Waals surface area contributed by atoms with Gasteiger partial charge in [-0.1, -0.05) is 12.1 Å². The summed E-state index contributed by atoms with van der Waals surface area (Å²) in [6.45, 7) is 2.16. The van der Waals surface area contributed by atoms with Crippen LogP contribution in [-0.2, 0) is 6.42 Å². The minimum atomic E-state index is 0.429. The molecule has 74 valence electrons. The minimum absolute atomic E-state index is 0.429. The number of fused-ring (bicyclic) bond motifs is 1. The number of hydrogen-bond donors (Lipinski definition) is 1. The maximum absolute atomic E-state index is 4.43. The van der Waals surface area contributed by atoms with E-state index in [4.69, 9.17) is 0 Å². The highest BCUT2D eigenvalue weighted by atomic mass is 14.8. The van der Waals surface area contributed by atoms with Crippen molar-refractivity contribution in [3.05, 3.63) is 35.7 Å². The van der Waals surface area contributed by atoms with Crippen LogP contribution in [0.2, 0.25) is 0 Å². The molecule has 1 atom stereocenters. The van der Waals surface area contributed by atoms with Gasteiger partial charge in [-0.25, -0.2) is 0 Å². The number of aryl methyl sites for hydroxylation is 1. The van der Waals surface area contributed by atoms with Gasteiger partial charge in [0.1, 0.15) is 0 Å². The molecule has 0 bridgehead atoms. The molecule has 0 aromatic carbocycles. The summed E-state index contributed by atoms with van der Waals surface area (Å²) in [4.78, 5) is 4.43. The van der Waals surface area contributed by atoms with Crippen molar-refractivity contribution < 1.29 is 0 Å². The molecule has 1 N–H and O–H groups in total. The third-order valence-corrected chi connectivity index (χ3v) is 2.77. The van der Waals surface area contributed by atoms with E-state index >= 15 is 0 Å². The molecule has 14 heavy (non-hydrogen) atoms. The molecule has 0 spiro atoms. The van der Waals surface area contributed by atoms with Crippen LogP contribution in [0.5, 0.6) is 0 Å². The van der Waals surface area contributed by atoms with Crippen molar-refractivity contribution in [2.24, 2.45) is 0 Å². The van der Waals surface area contributed by atoms with Gasteiger partial charge in [0.25, 0.3) is 0 Å². The first-order valence-corrected chi connectivity index (χ1v) is 5.13. The summed E-state index contributed by atoms with van der Waals surface area (Å²) >= 11 is 0.